The number of para-hydroxylation sites is 1. The van der Waals surface area contributed by atoms with Crippen LogP contribution in [0.1, 0.15) is 96.8 Å². The van der Waals surface area contributed by atoms with Crippen molar-refractivity contribution in [1.82, 2.24) is 5.32 Å². The van der Waals surface area contributed by atoms with E-state index in [0.717, 1.165) is 18.6 Å². The van der Waals surface area contributed by atoms with Crippen molar-refractivity contribution in [3.63, 3.8) is 0 Å². The molecule has 0 radical (unpaired) electrons. The van der Waals surface area contributed by atoms with Crippen LogP contribution >= 0.6 is 0 Å². The van der Waals surface area contributed by atoms with E-state index in [1.165, 1.54) is 77.0 Å². The number of nitrogens with one attached hydrogen (secondary N) is 1. The molecule has 4 heteroatoms. The topological polar surface area (TPSA) is 47.6 Å². The van der Waals surface area contributed by atoms with Crippen LogP contribution in [0, 0.1) is 0 Å². The maximum absolute atomic E-state index is 12.0. The smallest absolute Gasteiger partial charge is 0.412 e. The summed E-state index contributed by atoms with van der Waals surface area (Å²) in [5.41, 5.74) is 0. The number of rotatable bonds is 19. The zero-order valence-corrected chi connectivity index (χ0v) is 21.7. The summed E-state index contributed by atoms with van der Waals surface area (Å²) in [7, 11) is 0. The molecule has 0 spiro atoms. The minimum Gasteiger partial charge on any atom is -0.457 e. The van der Waals surface area contributed by atoms with E-state index in [1.54, 1.807) is 24.3 Å². The van der Waals surface area contributed by atoms with E-state index in [2.05, 4.69) is 24.4 Å². The molecule has 2 rings (SSSR count). The lowest BCUT2D eigenvalue weighted by Gasteiger charge is -2.08. The first-order chi connectivity index (χ1) is 17.3. The molecular formula is C31H45NO3. The molecule has 0 aliphatic carbocycles. The summed E-state index contributed by atoms with van der Waals surface area (Å²) in [6.45, 7) is 2.92. The second-order valence-corrected chi connectivity index (χ2v) is 9.14. The number of carbonyl (C=O) groups excluding carboxylic acids is 1. The summed E-state index contributed by atoms with van der Waals surface area (Å²) in [4.78, 5) is 12.0. The van der Waals surface area contributed by atoms with Gasteiger partial charge in [0.25, 0.3) is 0 Å². The minimum absolute atomic E-state index is 0.408. The Balaban J connectivity index is 1.39. The van der Waals surface area contributed by atoms with E-state index >= 15 is 0 Å². The highest BCUT2D eigenvalue weighted by Crippen LogP contribution is 2.23. The van der Waals surface area contributed by atoms with Gasteiger partial charge in [-0.3, -0.25) is 0 Å². The Bertz CT molecular complexity index is 802. The summed E-state index contributed by atoms with van der Waals surface area (Å²) >= 11 is 0. The van der Waals surface area contributed by atoms with Gasteiger partial charge in [-0.05, 0) is 68.5 Å². The van der Waals surface area contributed by atoms with Gasteiger partial charge in [0.2, 0.25) is 0 Å². The van der Waals surface area contributed by atoms with E-state index < -0.39 is 6.09 Å². The van der Waals surface area contributed by atoms with Crippen LogP contribution in [0.25, 0.3) is 0 Å². The van der Waals surface area contributed by atoms with Gasteiger partial charge in [0.05, 0.1) is 0 Å². The van der Waals surface area contributed by atoms with Crippen LogP contribution in [-0.4, -0.2) is 12.6 Å². The van der Waals surface area contributed by atoms with Crippen LogP contribution in [0.15, 0.2) is 66.7 Å². The lowest BCUT2D eigenvalue weighted by molar-refractivity contribution is 0.200. The molecule has 0 bridgehead atoms. The van der Waals surface area contributed by atoms with Gasteiger partial charge in [-0.2, -0.15) is 0 Å². The molecule has 192 valence electrons. The second kappa shape index (κ2) is 19.5. The molecule has 0 aliphatic heterocycles. The average molecular weight is 480 g/mol. The molecule has 0 saturated carbocycles. The zero-order chi connectivity index (χ0) is 24.8. The number of allylic oxidation sites excluding steroid dienone is 2. The summed E-state index contributed by atoms with van der Waals surface area (Å²) in [5.74, 6) is 1.98. The molecule has 0 aromatic heterocycles. The first-order valence-corrected chi connectivity index (χ1v) is 13.7. The van der Waals surface area contributed by atoms with Gasteiger partial charge in [-0.1, -0.05) is 95.1 Å². The van der Waals surface area contributed by atoms with Crippen molar-refractivity contribution in [1.29, 1.82) is 0 Å². The average Bonchev–Trinajstić information content (AvgIpc) is 2.88. The quantitative estimate of drug-likeness (QED) is 0.161. The maximum Gasteiger partial charge on any atom is 0.412 e. The molecule has 0 unspecified atom stereocenters. The number of ether oxygens (including phenoxy) is 2. The Morgan fingerprint density at radius 2 is 1.17 bits per heavy atom. The van der Waals surface area contributed by atoms with Crippen LogP contribution in [0.2, 0.25) is 0 Å². The van der Waals surface area contributed by atoms with E-state index in [4.69, 9.17) is 9.47 Å². The molecule has 0 atom stereocenters. The molecule has 0 heterocycles. The van der Waals surface area contributed by atoms with Crippen LogP contribution in [-0.2, 0) is 0 Å². The fourth-order valence-corrected chi connectivity index (χ4v) is 3.91. The van der Waals surface area contributed by atoms with Gasteiger partial charge in [0.1, 0.15) is 17.2 Å². The van der Waals surface area contributed by atoms with Gasteiger partial charge in [0.15, 0.2) is 0 Å². The highest BCUT2D eigenvalue weighted by atomic mass is 16.6. The van der Waals surface area contributed by atoms with Gasteiger partial charge >= 0.3 is 6.09 Å². The molecule has 4 nitrogen and oxygen atoms in total. The highest BCUT2D eigenvalue weighted by Gasteiger charge is 2.04. The molecule has 35 heavy (non-hydrogen) atoms. The monoisotopic (exact) mass is 479 g/mol. The number of hydrogen-bond donors (Lipinski definition) is 1. The van der Waals surface area contributed by atoms with Crippen molar-refractivity contribution in [2.24, 2.45) is 0 Å². The molecule has 0 aliphatic rings. The first kappa shape index (κ1) is 28.5. The van der Waals surface area contributed by atoms with Gasteiger partial charge in [-0.25, -0.2) is 4.79 Å². The van der Waals surface area contributed by atoms with Crippen LogP contribution in [0.5, 0.6) is 17.2 Å². The van der Waals surface area contributed by atoms with Gasteiger partial charge in [-0.15, -0.1) is 0 Å². The molecular weight excluding hydrogens is 434 g/mol. The van der Waals surface area contributed by atoms with Crippen LogP contribution < -0.4 is 14.8 Å². The first-order valence-electron chi connectivity index (χ1n) is 13.7. The Hall–Kier alpha value is -2.75. The van der Waals surface area contributed by atoms with E-state index in [-0.39, 0.29) is 0 Å². The number of carbonyl (C=O) groups is 1. The van der Waals surface area contributed by atoms with Crippen molar-refractivity contribution < 1.29 is 14.3 Å². The van der Waals surface area contributed by atoms with Crippen molar-refractivity contribution in [3.8, 4) is 17.2 Å². The normalized spacial score (nSPS) is 11.0. The summed E-state index contributed by atoms with van der Waals surface area (Å²) in [5, 5.41) is 2.83. The SMILES string of the molecule is CCCCCCCC/C=C\CCCCCCCCNC(=O)Oc1ccc(Oc2ccccc2)cc1. The van der Waals surface area contributed by atoms with E-state index in [0.29, 0.717) is 18.0 Å². The van der Waals surface area contributed by atoms with Gasteiger partial charge in [0, 0.05) is 6.54 Å². The lowest BCUT2D eigenvalue weighted by Crippen LogP contribution is -2.27. The van der Waals surface area contributed by atoms with Crippen molar-refractivity contribution in [2.45, 2.75) is 96.8 Å². The zero-order valence-electron chi connectivity index (χ0n) is 21.7. The minimum atomic E-state index is -0.408. The summed E-state index contributed by atoms with van der Waals surface area (Å²) in [6.07, 6.45) is 22.2. The Morgan fingerprint density at radius 3 is 1.80 bits per heavy atom. The highest BCUT2D eigenvalue weighted by molar-refractivity contribution is 5.70. The van der Waals surface area contributed by atoms with Crippen LogP contribution in [0.4, 0.5) is 4.79 Å². The van der Waals surface area contributed by atoms with Crippen molar-refractivity contribution in [2.75, 3.05) is 6.54 Å². The third-order valence-electron chi connectivity index (χ3n) is 5.97. The number of unbranched alkanes of at least 4 members (excludes halogenated alkanes) is 12. The summed E-state index contributed by atoms with van der Waals surface area (Å²) in [6, 6.07) is 16.6. The van der Waals surface area contributed by atoms with E-state index in [9.17, 15) is 4.79 Å². The predicted octanol–water partition coefficient (Wildman–Crippen LogP) is 9.60. The maximum atomic E-state index is 12.0. The van der Waals surface area contributed by atoms with Crippen LogP contribution in [0.3, 0.4) is 0 Å². The van der Waals surface area contributed by atoms with Crippen molar-refractivity contribution in [3.05, 3.63) is 66.7 Å². The molecule has 2 aromatic carbocycles. The predicted molar refractivity (Wildman–Crippen MR) is 146 cm³/mol. The van der Waals surface area contributed by atoms with E-state index in [1.807, 2.05) is 30.3 Å². The standard InChI is InChI=1S/C31H45NO3/c1-2-3-4-5-6-7-8-9-10-11-12-13-14-15-16-20-27-32-31(33)35-30-25-23-29(24-26-30)34-28-21-18-17-19-22-28/h9-10,17-19,21-26H,2-8,11-16,20,27H2,1H3,(H,32,33)/b10-9-. The largest absolute Gasteiger partial charge is 0.457 e. The number of amides is 1. The lowest BCUT2D eigenvalue weighted by atomic mass is 10.1. The molecule has 1 amide bonds. The Morgan fingerprint density at radius 1 is 0.657 bits per heavy atom. The fraction of sp³-hybridized carbons (Fsp3) is 0.516. The Labute approximate surface area is 213 Å². The number of benzene rings is 2. The fourth-order valence-electron chi connectivity index (χ4n) is 3.91. The number of hydrogen-bond acceptors (Lipinski definition) is 3. The third kappa shape index (κ3) is 15.0. The Kier molecular flexibility index (Phi) is 15.9. The van der Waals surface area contributed by atoms with Crippen molar-refractivity contribution >= 4 is 6.09 Å². The van der Waals surface area contributed by atoms with Gasteiger partial charge < -0.3 is 14.8 Å². The molecule has 2 aromatic rings. The molecule has 1 N–H and O–H groups in total. The molecule has 0 fully saturated rings. The third-order valence-corrected chi connectivity index (χ3v) is 5.97. The molecule has 0 saturated heterocycles. The summed E-state index contributed by atoms with van der Waals surface area (Å²) < 4.78 is 11.1. The second-order valence-electron chi connectivity index (χ2n) is 9.14.